The van der Waals surface area contributed by atoms with Gasteiger partial charge in [-0.15, -0.1) is 11.3 Å². The van der Waals surface area contributed by atoms with Gasteiger partial charge in [-0.25, -0.2) is 13.8 Å². The van der Waals surface area contributed by atoms with Crippen molar-refractivity contribution in [2.75, 3.05) is 10.6 Å². The SMILES string of the molecule is O=C(Cc1ccccc1)Nc1nc(C(=O)Nc2c(F)cccc2F)cs1. The van der Waals surface area contributed by atoms with E-state index in [1.165, 1.54) is 11.4 Å². The number of para-hydroxylation sites is 1. The van der Waals surface area contributed by atoms with Crippen LogP contribution in [0.2, 0.25) is 0 Å². The topological polar surface area (TPSA) is 71.1 Å². The van der Waals surface area contributed by atoms with Gasteiger partial charge in [-0.2, -0.15) is 0 Å². The lowest BCUT2D eigenvalue weighted by atomic mass is 10.1. The molecule has 0 bridgehead atoms. The van der Waals surface area contributed by atoms with Crippen molar-refractivity contribution < 1.29 is 18.4 Å². The van der Waals surface area contributed by atoms with E-state index in [0.717, 1.165) is 29.0 Å². The summed E-state index contributed by atoms with van der Waals surface area (Å²) >= 11 is 1.04. The Morgan fingerprint density at radius 2 is 1.65 bits per heavy atom. The Morgan fingerprint density at radius 3 is 2.35 bits per heavy atom. The minimum absolute atomic E-state index is 0.0485. The van der Waals surface area contributed by atoms with E-state index in [1.807, 2.05) is 30.3 Å². The maximum absolute atomic E-state index is 13.6. The molecule has 5 nitrogen and oxygen atoms in total. The second-order valence-electron chi connectivity index (χ2n) is 5.30. The zero-order valence-electron chi connectivity index (χ0n) is 13.3. The predicted octanol–water partition coefficient (Wildman–Crippen LogP) is 3.85. The normalized spacial score (nSPS) is 10.4. The van der Waals surface area contributed by atoms with Crippen molar-refractivity contribution in [1.29, 1.82) is 0 Å². The van der Waals surface area contributed by atoms with Crippen LogP contribution in [0.15, 0.2) is 53.9 Å². The molecule has 2 amide bonds. The van der Waals surface area contributed by atoms with Crippen LogP contribution < -0.4 is 10.6 Å². The Labute approximate surface area is 151 Å². The van der Waals surface area contributed by atoms with Crippen molar-refractivity contribution >= 4 is 34.0 Å². The van der Waals surface area contributed by atoms with E-state index in [1.54, 1.807) is 0 Å². The van der Waals surface area contributed by atoms with Gasteiger partial charge in [-0.1, -0.05) is 36.4 Å². The van der Waals surface area contributed by atoms with Crippen molar-refractivity contribution in [3.63, 3.8) is 0 Å². The monoisotopic (exact) mass is 373 g/mol. The number of carbonyl (C=O) groups excluding carboxylic acids is 2. The molecule has 0 aliphatic carbocycles. The van der Waals surface area contributed by atoms with Crippen molar-refractivity contribution in [3.05, 3.63) is 76.8 Å². The van der Waals surface area contributed by atoms with E-state index in [2.05, 4.69) is 15.6 Å². The van der Waals surface area contributed by atoms with Crippen LogP contribution in [0.5, 0.6) is 0 Å². The Hall–Kier alpha value is -3.13. The highest BCUT2D eigenvalue weighted by molar-refractivity contribution is 7.14. The van der Waals surface area contributed by atoms with Gasteiger partial charge in [0.1, 0.15) is 23.0 Å². The molecule has 0 saturated carbocycles. The minimum Gasteiger partial charge on any atom is -0.316 e. The fourth-order valence-corrected chi connectivity index (χ4v) is 2.88. The van der Waals surface area contributed by atoms with Crippen LogP contribution in [0.4, 0.5) is 19.6 Å². The number of carbonyl (C=O) groups is 2. The molecule has 3 aromatic rings. The summed E-state index contributed by atoms with van der Waals surface area (Å²) in [5.41, 5.74) is 0.252. The summed E-state index contributed by atoms with van der Waals surface area (Å²) in [6, 6.07) is 12.4. The molecule has 0 aliphatic heterocycles. The molecule has 26 heavy (non-hydrogen) atoms. The van der Waals surface area contributed by atoms with Gasteiger partial charge in [0.2, 0.25) is 5.91 Å². The van der Waals surface area contributed by atoms with Crippen LogP contribution >= 0.6 is 11.3 Å². The molecule has 0 aliphatic rings. The first-order valence-corrected chi connectivity index (χ1v) is 8.45. The summed E-state index contributed by atoms with van der Waals surface area (Å²) in [5.74, 6) is -2.82. The number of anilines is 2. The molecule has 132 valence electrons. The molecule has 0 radical (unpaired) electrons. The van der Waals surface area contributed by atoms with Crippen LogP contribution in [-0.4, -0.2) is 16.8 Å². The molecule has 2 N–H and O–H groups in total. The van der Waals surface area contributed by atoms with E-state index < -0.39 is 23.2 Å². The van der Waals surface area contributed by atoms with Gasteiger partial charge in [0, 0.05) is 5.38 Å². The molecule has 2 aromatic carbocycles. The lowest BCUT2D eigenvalue weighted by Crippen LogP contribution is -2.16. The van der Waals surface area contributed by atoms with E-state index in [4.69, 9.17) is 0 Å². The number of hydrogen-bond donors (Lipinski definition) is 2. The number of halogens is 2. The zero-order valence-corrected chi connectivity index (χ0v) is 14.1. The molecule has 0 spiro atoms. The van der Waals surface area contributed by atoms with Crippen molar-refractivity contribution in [3.8, 4) is 0 Å². The van der Waals surface area contributed by atoms with E-state index >= 15 is 0 Å². The molecule has 0 saturated heterocycles. The summed E-state index contributed by atoms with van der Waals surface area (Å²) < 4.78 is 27.2. The summed E-state index contributed by atoms with van der Waals surface area (Å²) in [4.78, 5) is 28.1. The van der Waals surface area contributed by atoms with Gasteiger partial charge in [0.15, 0.2) is 5.13 Å². The first-order chi connectivity index (χ1) is 12.5. The van der Waals surface area contributed by atoms with Gasteiger partial charge in [-0.3, -0.25) is 9.59 Å². The van der Waals surface area contributed by atoms with Crippen molar-refractivity contribution in [1.82, 2.24) is 4.98 Å². The predicted molar refractivity (Wildman–Crippen MR) is 95.2 cm³/mol. The summed E-state index contributed by atoms with van der Waals surface area (Å²) in [6.45, 7) is 0. The number of nitrogens with one attached hydrogen (secondary N) is 2. The Balaban J connectivity index is 1.64. The first-order valence-electron chi connectivity index (χ1n) is 7.57. The molecule has 1 heterocycles. The van der Waals surface area contributed by atoms with E-state index in [0.29, 0.717) is 0 Å². The minimum atomic E-state index is -0.884. The molecule has 0 fully saturated rings. The maximum atomic E-state index is 13.6. The molecule has 1 aromatic heterocycles. The van der Waals surface area contributed by atoms with Crippen LogP contribution in [0.1, 0.15) is 16.1 Å². The fourth-order valence-electron chi connectivity index (χ4n) is 2.17. The largest absolute Gasteiger partial charge is 0.316 e. The number of amides is 2. The van der Waals surface area contributed by atoms with Crippen LogP contribution in [0.3, 0.4) is 0 Å². The molecular formula is C18H13F2N3O2S. The highest BCUT2D eigenvalue weighted by Gasteiger charge is 2.16. The van der Waals surface area contributed by atoms with Gasteiger partial charge in [-0.05, 0) is 17.7 Å². The Bertz CT molecular complexity index is 924. The van der Waals surface area contributed by atoms with Crippen LogP contribution in [0, 0.1) is 11.6 Å². The van der Waals surface area contributed by atoms with Crippen molar-refractivity contribution in [2.45, 2.75) is 6.42 Å². The molecule has 8 heteroatoms. The van der Waals surface area contributed by atoms with Gasteiger partial charge in [0.25, 0.3) is 5.91 Å². The van der Waals surface area contributed by atoms with Gasteiger partial charge in [0.05, 0.1) is 6.42 Å². The third kappa shape index (κ3) is 4.28. The summed E-state index contributed by atoms with van der Waals surface area (Å²) in [7, 11) is 0. The van der Waals surface area contributed by atoms with Crippen LogP contribution in [0.25, 0.3) is 0 Å². The smallest absolute Gasteiger partial charge is 0.275 e. The molecular weight excluding hydrogens is 360 g/mol. The Kier molecular flexibility index (Phi) is 5.33. The van der Waals surface area contributed by atoms with Gasteiger partial charge < -0.3 is 10.6 Å². The maximum Gasteiger partial charge on any atom is 0.275 e. The molecule has 0 unspecified atom stereocenters. The molecule has 3 rings (SSSR count). The number of aromatic nitrogens is 1. The van der Waals surface area contributed by atoms with Gasteiger partial charge >= 0.3 is 0 Å². The summed E-state index contributed by atoms with van der Waals surface area (Å²) in [5, 5.41) is 6.36. The fraction of sp³-hybridized carbons (Fsp3) is 0.0556. The zero-order chi connectivity index (χ0) is 18.5. The Morgan fingerprint density at radius 1 is 0.962 bits per heavy atom. The van der Waals surface area contributed by atoms with Crippen molar-refractivity contribution in [2.24, 2.45) is 0 Å². The van der Waals surface area contributed by atoms with E-state index in [-0.39, 0.29) is 23.2 Å². The average molecular weight is 373 g/mol. The summed E-state index contributed by atoms with van der Waals surface area (Å²) in [6.07, 6.45) is 0.169. The highest BCUT2D eigenvalue weighted by atomic mass is 32.1. The average Bonchev–Trinajstić information content (AvgIpc) is 3.07. The highest BCUT2D eigenvalue weighted by Crippen LogP contribution is 2.21. The third-order valence-electron chi connectivity index (χ3n) is 3.39. The number of hydrogen-bond acceptors (Lipinski definition) is 4. The number of thiazole rings is 1. The second kappa shape index (κ2) is 7.83. The first kappa shape index (κ1) is 17.7. The number of benzene rings is 2. The van der Waals surface area contributed by atoms with Crippen LogP contribution in [-0.2, 0) is 11.2 Å². The number of rotatable bonds is 5. The van der Waals surface area contributed by atoms with E-state index in [9.17, 15) is 18.4 Å². The standard InChI is InChI=1S/C18H13F2N3O2S/c19-12-7-4-8-13(20)16(12)23-17(25)14-10-26-18(21-14)22-15(24)9-11-5-2-1-3-6-11/h1-8,10H,9H2,(H,23,25)(H,21,22,24). The quantitative estimate of drug-likeness (QED) is 0.714. The third-order valence-corrected chi connectivity index (χ3v) is 4.15. The lowest BCUT2D eigenvalue weighted by Gasteiger charge is -2.05. The molecule has 0 atom stereocenters. The lowest BCUT2D eigenvalue weighted by molar-refractivity contribution is -0.115. The number of nitrogens with zero attached hydrogens (tertiary/aromatic N) is 1. The second-order valence-corrected chi connectivity index (χ2v) is 6.16.